The Hall–Kier alpha value is -1.65. The zero-order chi connectivity index (χ0) is 24.5. The number of fused-ring (bicyclic) bond motifs is 1. The molecule has 1 aliphatic carbocycles. The average molecular weight is 546 g/mol. The summed E-state index contributed by atoms with van der Waals surface area (Å²) in [4.78, 5) is 26.7. The molecule has 0 saturated carbocycles. The number of sulfonamides is 1. The van der Waals surface area contributed by atoms with Gasteiger partial charge in [-0.25, -0.2) is 17.5 Å². The van der Waals surface area contributed by atoms with Gasteiger partial charge in [0.05, 0.1) is 24.3 Å². The number of carbonyl (C=O) groups is 2. The summed E-state index contributed by atoms with van der Waals surface area (Å²) in [6.07, 6.45) is 4.81. The first-order chi connectivity index (χ1) is 16.2. The van der Waals surface area contributed by atoms with E-state index in [1.54, 1.807) is 18.2 Å². The van der Waals surface area contributed by atoms with Crippen molar-refractivity contribution in [3.05, 3.63) is 49.8 Å². The van der Waals surface area contributed by atoms with Crippen molar-refractivity contribution < 1.29 is 22.7 Å². The van der Waals surface area contributed by atoms with Crippen LogP contribution in [0.1, 0.15) is 52.0 Å². The molecule has 11 heteroatoms. The van der Waals surface area contributed by atoms with Gasteiger partial charge in [0.1, 0.15) is 5.00 Å². The van der Waals surface area contributed by atoms with Crippen LogP contribution in [-0.2, 0) is 38.1 Å². The molecule has 7 nitrogen and oxygen atoms in total. The van der Waals surface area contributed by atoms with Crippen LogP contribution in [0.5, 0.6) is 0 Å². The van der Waals surface area contributed by atoms with Crippen LogP contribution in [0.4, 0.5) is 5.00 Å². The van der Waals surface area contributed by atoms with Crippen LogP contribution in [-0.4, -0.2) is 44.8 Å². The second-order valence-electron chi connectivity index (χ2n) is 8.55. The molecule has 1 saturated heterocycles. The van der Waals surface area contributed by atoms with Crippen molar-refractivity contribution in [1.82, 2.24) is 4.31 Å². The van der Waals surface area contributed by atoms with Crippen LogP contribution in [0, 0.1) is 5.92 Å². The second-order valence-corrected chi connectivity index (χ2v) is 12.4. The summed E-state index contributed by atoms with van der Waals surface area (Å²) >= 11 is 13.8. The van der Waals surface area contributed by atoms with Gasteiger partial charge in [0, 0.05) is 33.6 Å². The van der Waals surface area contributed by atoms with E-state index >= 15 is 0 Å². The Morgan fingerprint density at radius 2 is 1.88 bits per heavy atom. The van der Waals surface area contributed by atoms with Gasteiger partial charge < -0.3 is 10.1 Å². The van der Waals surface area contributed by atoms with Crippen LogP contribution in [0.25, 0.3) is 0 Å². The Bertz CT molecular complexity index is 1190. The predicted octanol–water partition coefficient (Wildman–Crippen LogP) is 4.90. The van der Waals surface area contributed by atoms with Gasteiger partial charge in [0.15, 0.2) is 0 Å². The highest BCUT2D eigenvalue weighted by molar-refractivity contribution is 7.88. The van der Waals surface area contributed by atoms with E-state index in [0.717, 1.165) is 36.1 Å². The van der Waals surface area contributed by atoms with Crippen LogP contribution in [0.3, 0.4) is 0 Å². The quantitative estimate of drug-likeness (QED) is 0.522. The van der Waals surface area contributed by atoms with Gasteiger partial charge in [-0.3, -0.25) is 4.79 Å². The van der Waals surface area contributed by atoms with Crippen LogP contribution in [0.15, 0.2) is 18.2 Å². The van der Waals surface area contributed by atoms with Gasteiger partial charge in [0.2, 0.25) is 15.9 Å². The minimum absolute atomic E-state index is 0.0644. The Kier molecular flexibility index (Phi) is 7.89. The SMILES string of the molecule is COC(=O)c1c(NC(=O)[C@@H]2CCCN(S(=O)(=O)Cc3c(Cl)cccc3Cl)C2)sc2c1CCCC2. The first-order valence-electron chi connectivity index (χ1n) is 11.2. The highest BCUT2D eigenvalue weighted by atomic mass is 35.5. The monoisotopic (exact) mass is 544 g/mol. The lowest BCUT2D eigenvalue weighted by atomic mass is 9.95. The zero-order valence-electron chi connectivity index (χ0n) is 18.7. The van der Waals surface area contributed by atoms with Crippen LogP contribution >= 0.6 is 34.5 Å². The Morgan fingerprint density at radius 1 is 1.18 bits per heavy atom. The van der Waals surface area contributed by atoms with Crippen molar-refractivity contribution in [2.75, 3.05) is 25.5 Å². The van der Waals surface area contributed by atoms with Crippen molar-refractivity contribution in [3.63, 3.8) is 0 Å². The second kappa shape index (κ2) is 10.5. The molecule has 4 rings (SSSR count). The summed E-state index contributed by atoms with van der Waals surface area (Å²) in [7, 11) is -2.41. The number of aryl methyl sites for hydroxylation is 1. The number of halogens is 2. The molecule has 2 aromatic rings. The van der Waals surface area contributed by atoms with Gasteiger partial charge in [-0.1, -0.05) is 29.3 Å². The highest BCUT2D eigenvalue weighted by Gasteiger charge is 2.34. The molecule has 2 aliphatic rings. The van der Waals surface area contributed by atoms with Crippen molar-refractivity contribution in [2.24, 2.45) is 5.92 Å². The van der Waals surface area contributed by atoms with Crippen LogP contribution < -0.4 is 5.32 Å². The summed E-state index contributed by atoms with van der Waals surface area (Å²) in [5.41, 5.74) is 1.75. The first-order valence-corrected chi connectivity index (χ1v) is 14.3. The Balaban J connectivity index is 1.50. The number of nitrogens with one attached hydrogen (secondary N) is 1. The fraction of sp³-hybridized carbons (Fsp3) is 0.478. The van der Waals surface area contributed by atoms with Crippen molar-refractivity contribution in [1.29, 1.82) is 0 Å². The number of rotatable bonds is 6. The van der Waals surface area contributed by atoms with Gasteiger partial charge in [-0.15, -0.1) is 11.3 Å². The minimum Gasteiger partial charge on any atom is -0.465 e. The third-order valence-electron chi connectivity index (χ3n) is 6.33. The minimum atomic E-state index is -3.74. The number of benzene rings is 1. The molecule has 1 N–H and O–H groups in total. The third kappa shape index (κ3) is 5.28. The molecule has 0 radical (unpaired) electrons. The number of carbonyl (C=O) groups excluding carboxylic acids is 2. The van der Waals surface area contributed by atoms with Crippen molar-refractivity contribution >= 4 is 61.4 Å². The van der Waals surface area contributed by atoms with Crippen molar-refractivity contribution in [2.45, 2.75) is 44.3 Å². The largest absolute Gasteiger partial charge is 0.465 e. The predicted molar refractivity (Wildman–Crippen MR) is 134 cm³/mol. The van der Waals surface area contributed by atoms with E-state index in [-0.39, 0.29) is 18.2 Å². The summed E-state index contributed by atoms with van der Waals surface area (Å²) in [6.45, 7) is 0.393. The number of hydrogen-bond acceptors (Lipinski definition) is 6. The molecule has 1 atom stereocenters. The third-order valence-corrected chi connectivity index (χ3v) is 10.0. The molecule has 0 bridgehead atoms. The summed E-state index contributed by atoms with van der Waals surface area (Å²) < 4.78 is 32.5. The zero-order valence-corrected chi connectivity index (χ0v) is 21.9. The molecule has 34 heavy (non-hydrogen) atoms. The standard InChI is InChI=1S/C23H26Cl2N2O5S2/c1-32-23(29)20-15-7-2-3-10-19(15)33-22(20)26-21(28)14-6-5-11-27(12-14)34(30,31)13-16-17(24)8-4-9-18(16)25/h4,8-9,14H,2-3,5-7,10-13H2,1H3,(H,26,28)/t14-/m1/s1. The lowest BCUT2D eigenvalue weighted by Crippen LogP contribution is -2.44. The topological polar surface area (TPSA) is 92.8 Å². The van der Waals surface area contributed by atoms with Gasteiger partial charge in [-0.2, -0.15) is 0 Å². The molecular formula is C23H26Cl2N2O5S2. The normalized spacial score (nSPS) is 18.9. The van der Waals surface area contributed by atoms with E-state index in [4.69, 9.17) is 27.9 Å². The Labute approximate surface area is 213 Å². The number of methoxy groups -OCH3 is 1. The molecule has 1 aromatic carbocycles. The molecule has 184 valence electrons. The molecule has 2 heterocycles. The Morgan fingerprint density at radius 3 is 2.59 bits per heavy atom. The summed E-state index contributed by atoms with van der Waals surface area (Å²) in [5.74, 6) is -1.61. The van der Waals surface area contributed by atoms with Gasteiger partial charge in [-0.05, 0) is 56.2 Å². The van der Waals surface area contributed by atoms with Gasteiger partial charge in [0.25, 0.3) is 0 Å². The number of esters is 1. The highest BCUT2D eigenvalue weighted by Crippen LogP contribution is 2.39. The lowest BCUT2D eigenvalue weighted by Gasteiger charge is -2.31. The summed E-state index contributed by atoms with van der Waals surface area (Å²) in [5, 5.41) is 3.98. The summed E-state index contributed by atoms with van der Waals surface area (Å²) in [6, 6.07) is 4.86. The van der Waals surface area contributed by atoms with Crippen molar-refractivity contribution in [3.8, 4) is 0 Å². The molecular weight excluding hydrogens is 519 g/mol. The van der Waals surface area contributed by atoms with E-state index in [1.165, 1.54) is 22.8 Å². The molecule has 0 unspecified atom stereocenters. The van der Waals surface area contributed by atoms with E-state index < -0.39 is 21.9 Å². The number of hydrogen-bond donors (Lipinski definition) is 1. The molecule has 1 aromatic heterocycles. The number of amides is 1. The molecule has 1 amide bonds. The maximum Gasteiger partial charge on any atom is 0.341 e. The average Bonchev–Trinajstić information content (AvgIpc) is 3.19. The maximum atomic E-state index is 13.2. The molecule has 0 spiro atoms. The van der Waals surface area contributed by atoms with E-state index in [9.17, 15) is 18.0 Å². The molecule has 1 aliphatic heterocycles. The van der Waals surface area contributed by atoms with E-state index in [0.29, 0.717) is 45.6 Å². The lowest BCUT2D eigenvalue weighted by molar-refractivity contribution is -0.120. The van der Waals surface area contributed by atoms with Crippen LogP contribution in [0.2, 0.25) is 10.0 Å². The van der Waals surface area contributed by atoms with E-state index in [2.05, 4.69) is 5.32 Å². The maximum absolute atomic E-state index is 13.2. The number of thiophene rings is 1. The number of nitrogens with zero attached hydrogens (tertiary/aromatic N) is 1. The molecule has 1 fully saturated rings. The smallest absolute Gasteiger partial charge is 0.341 e. The number of anilines is 1. The fourth-order valence-electron chi connectivity index (χ4n) is 4.54. The number of piperidine rings is 1. The number of ether oxygens (including phenoxy) is 1. The van der Waals surface area contributed by atoms with Gasteiger partial charge >= 0.3 is 5.97 Å². The fourth-order valence-corrected chi connectivity index (χ4v) is 8.18. The van der Waals surface area contributed by atoms with E-state index in [1.807, 2.05) is 0 Å². The first kappa shape index (κ1) is 25.4.